The zero-order valence-corrected chi connectivity index (χ0v) is 20.5. The van der Waals surface area contributed by atoms with Crippen LogP contribution in [0.5, 0.6) is 0 Å². The van der Waals surface area contributed by atoms with Crippen molar-refractivity contribution in [3.63, 3.8) is 0 Å². The van der Waals surface area contributed by atoms with Gasteiger partial charge in [0.25, 0.3) is 0 Å². The molecular weight excluding hydrogens is 452 g/mol. The standard InChI is InChI=1S/C27H29ClN2O2S/c1-20-11-13-22(14-12-20)17-30(25(27(32)29-2)16-21-7-4-3-5-8-21)26(31)19-33-18-23-9-6-10-24(28)15-23/h3-15,25H,16-19H2,1-2H3,(H,29,32)/t25-/m0/s1. The summed E-state index contributed by atoms with van der Waals surface area (Å²) in [7, 11) is 1.61. The first-order valence-electron chi connectivity index (χ1n) is 10.9. The van der Waals surface area contributed by atoms with Gasteiger partial charge in [0, 0.05) is 30.8 Å². The third-order valence-electron chi connectivity index (χ3n) is 5.37. The zero-order valence-electron chi connectivity index (χ0n) is 19.0. The van der Waals surface area contributed by atoms with Crippen LogP contribution in [0, 0.1) is 6.92 Å². The number of nitrogens with zero attached hydrogens (tertiary/aromatic N) is 1. The molecular formula is C27H29ClN2O2S. The Morgan fingerprint density at radius 2 is 1.64 bits per heavy atom. The number of halogens is 1. The van der Waals surface area contributed by atoms with E-state index in [9.17, 15) is 9.59 Å². The SMILES string of the molecule is CNC(=O)[C@H](Cc1ccccc1)N(Cc1ccc(C)cc1)C(=O)CSCc1cccc(Cl)c1. The summed E-state index contributed by atoms with van der Waals surface area (Å²) in [5.41, 5.74) is 4.23. The maximum atomic E-state index is 13.4. The molecule has 0 heterocycles. The van der Waals surface area contributed by atoms with Crippen LogP contribution in [0.2, 0.25) is 5.02 Å². The number of carbonyl (C=O) groups is 2. The van der Waals surface area contributed by atoms with E-state index < -0.39 is 6.04 Å². The molecule has 0 spiro atoms. The molecule has 172 valence electrons. The van der Waals surface area contributed by atoms with E-state index in [1.165, 1.54) is 11.8 Å². The lowest BCUT2D eigenvalue weighted by Gasteiger charge is -2.31. The normalized spacial score (nSPS) is 11.6. The van der Waals surface area contributed by atoms with Crippen molar-refractivity contribution in [2.24, 2.45) is 0 Å². The van der Waals surface area contributed by atoms with Crippen LogP contribution in [0.15, 0.2) is 78.9 Å². The van der Waals surface area contributed by atoms with Gasteiger partial charge in [-0.15, -0.1) is 11.8 Å². The number of carbonyl (C=O) groups excluding carboxylic acids is 2. The summed E-state index contributed by atoms with van der Waals surface area (Å²) < 4.78 is 0. The molecule has 0 unspecified atom stereocenters. The van der Waals surface area contributed by atoms with E-state index in [4.69, 9.17) is 11.6 Å². The molecule has 0 saturated carbocycles. The van der Waals surface area contributed by atoms with Crippen LogP contribution >= 0.6 is 23.4 Å². The first-order chi connectivity index (χ1) is 16.0. The van der Waals surface area contributed by atoms with E-state index in [1.54, 1.807) is 11.9 Å². The van der Waals surface area contributed by atoms with Crippen LogP contribution in [0.3, 0.4) is 0 Å². The number of rotatable bonds is 10. The van der Waals surface area contributed by atoms with Gasteiger partial charge < -0.3 is 10.2 Å². The average Bonchev–Trinajstić information content (AvgIpc) is 2.82. The highest BCUT2D eigenvalue weighted by Gasteiger charge is 2.29. The maximum Gasteiger partial charge on any atom is 0.242 e. The Labute approximate surface area is 205 Å². The van der Waals surface area contributed by atoms with Gasteiger partial charge >= 0.3 is 0 Å². The minimum Gasteiger partial charge on any atom is -0.357 e. The van der Waals surface area contributed by atoms with Crippen molar-refractivity contribution < 1.29 is 9.59 Å². The van der Waals surface area contributed by atoms with Gasteiger partial charge in [-0.25, -0.2) is 0 Å². The lowest BCUT2D eigenvalue weighted by molar-refractivity contribution is -0.139. The third-order valence-corrected chi connectivity index (χ3v) is 6.60. The van der Waals surface area contributed by atoms with Crippen molar-refractivity contribution in [3.8, 4) is 0 Å². The van der Waals surface area contributed by atoms with Crippen LogP contribution in [0.4, 0.5) is 0 Å². The number of thioether (sulfide) groups is 1. The summed E-state index contributed by atoms with van der Waals surface area (Å²) in [5, 5.41) is 3.43. The molecule has 3 aromatic carbocycles. The molecule has 1 atom stereocenters. The molecule has 3 aromatic rings. The molecule has 0 aromatic heterocycles. The molecule has 4 nitrogen and oxygen atoms in total. The molecule has 0 aliphatic rings. The summed E-state index contributed by atoms with van der Waals surface area (Å²) in [6.45, 7) is 2.41. The minimum atomic E-state index is -0.599. The molecule has 0 bridgehead atoms. The topological polar surface area (TPSA) is 49.4 Å². The Balaban J connectivity index is 1.80. The Kier molecular flexibility index (Phi) is 9.40. The minimum absolute atomic E-state index is 0.0628. The van der Waals surface area contributed by atoms with Gasteiger partial charge in [-0.1, -0.05) is 83.9 Å². The Morgan fingerprint density at radius 1 is 0.939 bits per heavy atom. The van der Waals surface area contributed by atoms with Gasteiger partial charge in [0.05, 0.1) is 5.75 Å². The van der Waals surface area contributed by atoms with Crippen LogP contribution in [0.1, 0.15) is 22.3 Å². The average molecular weight is 481 g/mol. The van der Waals surface area contributed by atoms with Crippen molar-refractivity contribution in [2.45, 2.75) is 31.7 Å². The van der Waals surface area contributed by atoms with E-state index in [0.717, 1.165) is 22.3 Å². The summed E-state index contributed by atoms with van der Waals surface area (Å²) in [5.74, 6) is 0.723. The Hall–Kier alpha value is -2.76. The number of aryl methyl sites for hydroxylation is 1. The van der Waals surface area contributed by atoms with Crippen molar-refractivity contribution in [1.29, 1.82) is 0 Å². The molecule has 0 fully saturated rings. The summed E-state index contributed by atoms with van der Waals surface area (Å²) in [6.07, 6.45) is 0.455. The number of benzene rings is 3. The molecule has 0 aliphatic heterocycles. The van der Waals surface area contributed by atoms with Crippen LogP contribution in [-0.4, -0.2) is 35.6 Å². The maximum absolute atomic E-state index is 13.4. The van der Waals surface area contributed by atoms with Crippen molar-refractivity contribution in [2.75, 3.05) is 12.8 Å². The second kappa shape index (κ2) is 12.5. The smallest absolute Gasteiger partial charge is 0.242 e. The third kappa shape index (κ3) is 7.65. The monoisotopic (exact) mass is 480 g/mol. The number of hydrogen-bond donors (Lipinski definition) is 1. The fourth-order valence-corrected chi connectivity index (χ4v) is 4.65. The molecule has 2 amide bonds. The van der Waals surface area contributed by atoms with Gasteiger partial charge in [-0.05, 0) is 35.7 Å². The van der Waals surface area contributed by atoms with Crippen LogP contribution in [-0.2, 0) is 28.3 Å². The van der Waals surface area contributed by atoms with Crippen LogP contribution in [0.25, 0.3) is 0 Å². The fraction of sp³-hybridized carbons (Fsp3) is 0.259. The lowest BCUT2D eigenvalue weighted by Crippen LogP contribution is -2.50. The summed E-state index contributed by atoms with van der Waals surface area (Å²) in [6, 6.07) is 24.9. The summed E-state index contributed by atoms with van der Waals surface area (Å²) >= 11 is 7.60. The lowest BCUT2D eigenvalue weighted by atomic mass is 10.0. The highest BCUT2D eigenvalue weighted by molar-refractivity contribution is 7.99. The van der Waals surface area contributed by atoms with E-state index in [0.29, 0.717) is 23.7 Å². The van der Waals surface area contributed by atoms with E-state index in [-0.39, 0.29) is 17.6 Å². The van der Waals surface area contributed by atoms with Gasteiger partial charge in [-0.3, -0.25) is 9.59 Å². The molecule has 1 N–H and O–H groups in total. The van der Waals surface area contributed by atoms with E-state index in [1.807, 2.05) is 85.8 Å². The second-order valence-electron chi connectivity index (χ2n) is 7.95. The number of amides is 2. The first kappa shape index (κ1) is 24.9. The van der Waals surface area contributed by atoms with E-state index in [2.05, 4.69) is 5.32 Å². The zero-order chi connectivity index (χ0) is 23.6. The van der Waals surface area contributed by atoms with Gasteiger partial charge in [0.2, 0.25) is 11.8 Å². The van der Waals surface area contributed by atoms with Gasteiger partial charge in [-0.2, -0.15) is 0 Å². The second-order valence-corrected chi connectivity index (χ2v) is 9.37. The molecule has 0 aliphatic carbocycles. The highest BCUT2D eigenvalue weighted by Crippen LogP contribution is 2.20. The van der Waals surface area contributed by atoms with Crippen LogP contribution < -0.4 is 5.32 Å². The largest absolute Gasteiger partial charge is 0.357 e. The molecule has 6 heteroatoms. The predicted octanol–water partition coefficient (Wildman–Crippen LogP) is 5.27. The van der Waals surface area contributed by atoms with Crippen molar-refractivity contribution >= 4 is 35.2 Å². The quantitative estimate of drug-likeness (QED) is 0.430. The molecule has 33 heavy (non-hydrogen) atoms. The summed E-state index contributed by atoms with van der Waals surface area (Å²) in [4.78, 5) is 28.0. The van der Waals surface area contributed by atoms with Gasteiger partial charge in [0.15, 0.2) is 0 Å². The number of hydrogen-bond acceptors (Lipinski definition) is 3. The van der Waals surface area contributed by atoms with E-state index >= 15 is 0 Å². The van der Waals surface area contributed by atoms with Crippen molar-refractivity contribution in [1.82, 2.24) is 10.2 Å². The molecule has 3 rings (SSSR count). The van der Waals surface area contributed by atoms with Gasteiger partial charge in [0.1, 0.15) is 6.04 Å². The highest BCUT2D eigenvalue weighted by atomic mass is 35.5. The molecule has 0 radical (unpaired) electrons. The first-order valence-corrected chi connectivity index (χ1v) is 12.4. The number of likely N-dealkylation sites (N-methyl/N-ethyl adjacent to an activating group) is 1. The Bertz CT molecular complexity index is 1060. The molecule has 0 saturated heterocycles. The number of nitrogens with one attached hydrogen (secondary N) is 1. The predicted molar refractivity (Wildman–Crippen MR) is 137 cm³/mol. The fourth-order valence-electron chi connectivity index (χ4n) is 3.58. The van der Waals surface area contributed by atoms with Crippen molar-refractivity contribution in [3.05, 3.63) is 106 Å². The Morgan fingerprint density at radius 3 is 2.30 bits per heavy atom.